The molecule has 2 aromatic heterocycles. The molecule has 0 radical (unpaired) electrons. The molecule has 0 saturated carbocycles. The molecule has 0 fully saturated rings. The van der Waals surface area contributed by atoms with E-state index in [0.717, 1.165) is 16.8 Å². The fourth-order valence-electron chi connectivity index (χ4n) is 2.73. The Balaban J connectivity index is 1.70. The average molecular weight is 367 g/mol. The van der Waals surface area contributed by atoms with Crippen LogP contribution in [0.25, 0.3) is 5.57 Å². The van der Waals surface area contributed by atoms with Crippen LogP contribution in [-0.4, -0.2) is 33.0 Å². The lowest BCUT2D eigenvalue weighted by Crippen LogP contribution is -2.06. The Labute approximate surface area is 154 Å². The maximum atomic E-state index is 14.2. The first-order chi connectivity index (χ1) is 13.1. The van der Waals surface area contributed by atoms with Crippen LogP contribution in [0.5, 0.6) is 0 Å². The number of hydrogen-bond acceptors (Lipinski definition) is 7. The van der Waals surface area contributed by atoms with Gasteiger partial charge in [-0.1, -0.05) is 6.08 Å². The summed E-state index contributed by atoms with van der Waals surface area (Å²) in [7, 11) is 1.82. The van der Waals surface area contributed by atoms with Gasteiger partial charge in [0.15, 0.2) is 0 Å². The van der Waals surface area contributed by atoms with Gasteiger partial charge < -0.3 is 21.1 Å². The van der Waals surface area contributed by atoms with Crippen molar-refractivity contribution in [1.29, 1.82) is 0 Å². The molecule has 0 unspecified atom stereocenters. The molecule has 9 heteroatoms. The Bertz CT molecular complexity index is 1010. The first kappa shape index (κ1) is 17.0. The molecule has 1 aliphatic rings. The van der Waals surface area contributed by atoms with Gasteiger partial charge >= 0.3 is 0 Å². The molecule has 8 nitrogen and oxygen atoms in total. The molecular formula is C18H18FN7O. The molecule has 0 atom stereocenters. The molecule has 0 saturated heterocycles. The van der Waals surface area contributed by atoms with Gasteiger partial charge in [-0.3, -0.25) is 4.68 Å². The Kier molecular flexibility index (Phi) is 4.43. The van der Waals surface area contributed by atoms with Gasteiger partial charge in [-0.05, 0) is 23.8 Å². The van der Waals surface area contributed by atoms with E-state index in [9.17, 15) is 4.39 Å². The van der Waals surface area contributed by atoms with E-state index in [1.54, 1.807) is 23.3 Å². The Hall–Kier alpha value is -3.46. The smallest absolute Gasteiger partial charge is 0.229 e. The summed E-state index contributed by atoms with van der Waals surface area (Å²) in [6.45, 7) is 0.976. The van der Waals surface area contributed by atoms with Crippen LogP contribution >= 0.6 is 0 Å². The number of nitrogens with zero attached hydrogens (tertiary/aromatic N) is 4. The SMILES string of the molecule is Cn1cc(Nc2ncc(C3=CCOC3)c(Nc3cc(N)ccc3F)n2)cn1. The first-order valence-electron chi connectivity index (χ1n) is 8.30. The molecule has 138 valence electrons. The molecule has 0 bridgehead atoms. The van der Waals surface area contributed by atoms with Gasteiger partial charge in [-0.15, -0.1) is 0 Å². The molecule has 0 spiro atoms. The summed E-state index contributed by atoms with van der Waals surface area (Å²) in [6, 6.07) is 4.34. The predicted molar refractivity (Wildman–Crippen MR) is 101 cm³/mol. The number of nitrogen functional groups attached to an aromatic ring is 1. The van der Waals surface area contributed by atoms with Crippen molar-refractivity contribution in [2.24, 2.45) is 7.05 Å². The monoisotopic (exact) mass is 367 g/mol. The number of benzene rings is 1. The highest BCUT2D eigenvalue weighted by Crippen LogP contribution is 2.30. The van der Waals surface area contributed by atoms with Crippen molar-refractivity contribution in [1.82, 2.24) is 19.7 Å². The largest absolute Gasteiger partial charge is 0.399 e. The normalized spacial score (nSPS) is 13.5. The first-order valence-corrected chi connectivity index (χ1v) is 8.30. The minimum absolute atomic E-state index is 0.238. The van der Waals surface area contributed by atoms with E-state index in [4.69, 9.17) is 10.5 Å². The highest BCUT2D eigenvalue weighted by atomic mass is 19.1. The van der Waals surface area contributed by atoms with Crippen LogP contribution in [0.3, 0.4) is 0 Å². The van der Waals surface area contributed by atoms with E-state index in [0.29, 0.717) is 30.7 Å². The molecule has 1 aliphatic heterocycles. The third-order valence-electron chi connectivity index (χ3n) is 4.04. The van der Waals surface area contributed by atoms with Crippen LogP contribution in [0.4, 0.5) is 33.2 Å². The summed E-state index contributed by atoms with van der Waals surface area (Å²) in [4.78, 5) is 8.87. The van der Waals surface area contributed by atoms with Gasteiger partial charge in [0, 0.05) is 30.7 Å². The van der Waals surface area contributed by atoms with Crippen molar-refractivity contribution in [3.63, 3.8) is 0 Å². The molecule has 4 N–H and O–H groups in total. The number of hydrogen-bond donors (Lipinski definition) is 3. The van der Waals surface area contributed by atoms with Crippen LogP contribution in [0.2, 0.25) is 0 Å². The molecule has 3 aromatic rings. The number of nitrogens with one attached hydrogen (secondary N) is 2. The summed E-state index contributed by atoms with van der Waals surface area (Å²) in [5.41, 5.74) is 8.90. The highest BCUT2D eigenvalue weighted by Gasteiger charge is 2.16. The van der Waals surface area contributed by atoms with Crippen molar-refractivity contribution < 1.29 is 9.13 Å². The van der Waals surface area contributed by atoms with Gasteiger partial charge in [-0.25, -0.2) is 9.37 Å². The average Bonchev–Trinajstić information content (AvgIpc) is 3.30. The quantitative estimate of drug-likeness (QED) is 0.596. The number of rotatable bonds is 5. The number of anilines is 5. The Morgan fingerprint density at radius 2 is 2.15 bits per heavy atom. The second-order valence-corrected chi connectivity index (χ2v) is 6.09. The van der Waals surface area contributed by atoms with Crippen molar-refractivity contribution in [3.8, 4) is 0 Å². The Morgan fingerprint density at radius 1 is 1.26 bits per heavy atom. The summed E-state index contributed by atoms with van der Waals surface area (Å²) in [5, 5.41) is 10.2. The zero-order valence-electron chi connectivity index (χ0n) is 14.6. The standard InChI is InChI=1S/C18H18FN7O/c1-26-9-13(7-22-26)23-18-21-8-14(11-4-5-27-10-11)17(25-18)24-16-6-12(20)2-3-15(16)19/h2-4,6-9H,5,10,20H2,1H3,(H2,21,23,24,25). The lowest BCUT2D eigenvalue weighted by Gasteiger charge is -2.14. The molecule has 0 amide bonds. The van der Waals surface area contributed by atoms with Gasteiger partial charge in [0.2, 0.25) is 5.95 Å². The summed E-state index contributed by atoms with van der Waals surface area (Å²) in [6.07, 6.45) is 7.09. The minimum Gasteiger partial charge on any atom is -0.399 e. The topological polar surface area (TPSA) is 103 Å². The maximum absolute atomic E-state index is 14.2. The van der Waals surface area contributed by atoms with Crippen molar-refractivity contribution in [2.75, 3.05) is 29.6 Å². The summed E-state index contributed by atoms with van der Waals surface area (Å²) in [5.74, 6) is 0.392. The molecule has 0 aliphatic carbocycles. The molecule has 27 heavy (non-hydrogen) atoms. The second kappa shape index (κ2) is 7.04. The Morgan fingerprint density at radius 3 is 2.89 bits per heavy atom. The fourth-order valence-corrected chi connectivity index (χ4v) is 2.73. The summed E-state index contributed by atoms with van der Waals surface area (Å²) < 4.78 is 21.2. The maximum Gasteiger partial charge on any atom is 0.229 e. The van der Waals surface area contributed by atoms with Crippen LogP contribution < -0.4 is 16.4 Å². The zero-order valence-corrected chi connectivity index (χ0v) is 14.6. The van der Waals surface area contributed by atoms with Crippen LogP contribution in [0, 0.1) is 5.82 Å². The zero-order chi connectivity index (χ0) is 18.8. The lowest BCUT2D eigenvalue weighted by atomic mass is 10.1. The fraction of sp³-hybridized carbons (Fsp3) is 0.167. The van der Waals surface area contributed by atoms with E-state index >= 15 is 0 Å². The van der Waals surface area contributed by atoms with Crippen LogP contribution in [0.15, 0.2) is 42.9 Å². The molecular weight excluding hydrogens is 349 g/mol. The number of ether oxygens (including phenoxy) is 1. The van der Waals surface area contributed by atoms with Crippen molar-refractivity contribution in [2.45, 2.75) is 0 Å². The number of nitrogens with two attached hydrogens (primary N) is 1. The van der Waals surface area contributed by atoms with Crippen molar-refractivity contribution >= 4 is 34.4 Å². The molecule has 3 heterocycles. The minimum atomic E-state index is -0.424. The third-order valence-corrected chi connectivity index (χ3v) is 4.04. The van der Waals surface area contributed by atoms with Gasteiger partial charge in [0.25, 0.3) is 0 Å². The number of aryl methyl sites for hydroxylation is 1. The third kappa shape index (κ3) is 3.72. The van der Waals surface area contributed by atoms with Gasteiger partial charge in [-0.2, -0.15) is 10.1 Å². The highest BCUT2D eigenvalue weighted by molar-refractivity contribution is 5.79. The van der Waals surface area contributed by atoms with Crippen molar-refractivity contribution in [3.05, 3.63) is 54.2 Å². The lowest BCUT2D eigenvalue weighted by molar-refractivity contribution is 0.216. The van der Waals surface area contributed by atoms with Crippen LogP contribution in [-0.2, 0) is 11.8 Å². The molecule has 4 rings (SSSR count). The number of halogens is 1. The predicted octanol–water partition coefficient (Wildman–Crippen LogP) is 2.83. The van der Waals surface area contributed by atoms with E-state index in [-0.39, 0.29) is 5.69 Å². The van der Waals surface area contributed by atoms with E-state index in [1.807, 2.05) is 13.1 Å². The van der Waals surface area contributed by atoms with E-state index < -0.39 is 5.82 Å². The van der Waals surface area contributed by atoms with Gasteiger partial charge in [0.1, 0.15) is 11.6 Å². The van der Waals surface area contributed by atoms with Gasteiger partial charge in [0.05, 0.1) is 30.8 Å². The van der Waals surface area contributed by atoms with E-state index in [2.05, 4.69) is 25.7 Å². The molecule has 1 aromatic carbocycles. The van der Waals surface area contributed by atoms with E-state index in [1.165, 1.54) is 18.2 Å². The van der Waals surface area contributed by atoms with Crippen LogP contribution in [0.1, 0.15) is 5.56 Å². The number of aromatic nitrogens is 4. The second-order valence-electron chi connectivity index (χ2n) is 6.09. The summed E-state index contributed by atoms with van der Waals surface area (Å²) >= 11 is 0.